The van der Waals surface area contributed by atoms with E-state index in [4.69, 9.17) is 0 Å². The molecule has 2 heteroatoms. The Morgan fingerprint density at radius 1 is 0.543 bits per heavy atom. The molecule has 4 aromatic rings. The van der Waals surface area contributed by atoms with Crippen molar-refractivity contribution in [1.29, 1.82) is 0 Å². The van der Waals surface area contributed by atoms with Gasteiger partial charge in [0.25, 0.3) is 0 Å². The van der Waals surface area contributed by atoms with Gasteiger partial charge in [-0.2, -0.15) is 0 Å². The average Bonchev–Trinajstić information content (AvgIpc) is 2.86. The molecular weight excluding hydrogens is 635 g/mol. The minimum absolute atomic E-state index is 0.547. The van der Waals surface area contributed by atoms with Crippen molar-refractivity contribution in [3.05, 3.63) is 114 Å². The Balaban J connectivity index is 1.89. The van der Waals surface area contributed by atoms with Gasteiger partial charge in [-0.05, 0) is 0 Å². The van der Waals surface area contributed by atoms with Crippen LogP contribution in [0.15, 0.2) is 97.1 Å². The van der Waals surface area contributed by atoms with Crippen LogP contribution >= 0.6 is 7.92 Å². The van der Waals surface area contributed by atoms with Crippen molar-refractivity contribution in [2.45, 2.75) is 59.3 Å². The fourth-order valence-corrected chi connectivity index (χ4v) is 15.2. The zero-order valence-electron chi connectivity index (χ0n) is 21.9. The fraction of sp³-hybridized carbons (Fsp3) is 0.273. The molecule has 0 fully saturated rings. The Hall–Kier alpha value is -1.77. The van der Waals surface area contributed by atoms with Gasteiger partial charge in [0.15, 0.2) is 0 Å². The van der Waals surface area contributed by atoms with E-state index in [2.05, 4.69) is 139 Å². The first-order valence-electron chi connectivity index (χ1n) is 12.8. The van der Waals surface area contributed by atoms with Gasteiger partial charge in [-0.25, -0.2) is 0 Å². The van der Waals surface area contributed by atoms with Crippen LogP contribution in [0.1, 0.15) is 76.0 Å². The van der Waals surface area contributed by atoms with Crippen LogP contribution in [0.2, 0.25) is 0 Å². The molecule has 0 atom stereocenters. The zero-order valence-corrected chi connectivity index (χ0v) is 26.7. The van der Waals surface area contributed by atoms with Gasteiger partial charge in [0.2, 0.25) is 0 Å². The monoisotopic (exact) mass is 672 g/mol. The van der Waals surface area contributed by atoms with Gasteiger partial charge < -0.3 is 0 Å². The van der Waals surface area contributed by atoms with Gasteiger partial charge in [0.05, 0.1) is 0 Å². The van der Waals surface area contributed by atoms with E-state index in [0.29, 0.717) is 17.8 Å². The first kappa shape index (κ1) is 26.3. The fourth-order valence-electron chi connectivity index (χ4n) is 4.59. The number of hydrogen-bond acceptors (Lipinski definition) is 0. The molecule has 2 radical (unpaired) electrons. The summed E-state index contributed by atoms with van der Waals surface area (Å²) in [6.07, 6.45) is 0. The summed E-state index contributed by atoms with van der Waals surface area (Å²) in [6.45, 7) is 14.2. The predicted octanol–water partition coefficient (Wildman–Crippen LogP) is 6.47. The van der Waals surface area contributed by atoms with Crippen molar-refractivity contribution >= 4 is 54.3 Å². The van der Waals surface area contributed by atoms with Crippen LogP contribution in [0.3, 0.4) is 0 Å². The van der Waals surface area contributed by atoms with Crippen molar-refractivity contribution < 1.29 is 0 Å². The summed E-state index contributed by atoms with van der Waals surface area (Å²) in [5.41, 5.74) is 4.69. The number of hydrogen-bond donors (Lipinski definition) is 0. The molecular formula is C33H37PPb. The number of benzene rings is 4. The molecule has 0 aliphatic heterocycles. The van der Waals surface area contributed by atoms with Crippen molar-refractivity contribution in [3.63, 3.8) is 0 Å². The Labute approximate surface area is 226 Å². The van der Waals surface area contributed by atoms with Gasteiger partial charge in [0.1, 0.15) is 0 Å². The van der Waals surface area contributed by atoms with E-state index in [9.17, 15) is 0 Å². The van der Waals surface area contributed by atoms with Crippen LogP contribution in [0.5, 0.6) is 0 Å². The molecule has 0 aliphatic carbocycles. The molecule has 0 saturated heterocycles. The Morgan fingerprint density at radius 3 is 1.46 bits per heavy atom. The topological polar surface area (TPSA) is 0 Å². The molecule has 4 aromatic carbocycles. The van der Waals surface area contributed by atoms with Gasteiger partial charge in [-0.15, -0.1) is 0 Å². The minimum atomic E-state index is -1.35. The van der Waals surface area contributed by atoms with Crippen LogP contribution in [0.25, 0.3) is 0 Å². The van der Waals surface area contributed by atoms with Crippen molar-refractivity contribution in [3.8, 4) is 0 Å². The van der Waals surface area contributed by atoms with Crippen molar-refractivity contribution in [1.82, 2.24) is 0 Å². The molecule has 0 amide bonds. The van der Waals surface area contributed by atoms with E-state index in [0.717, 1.165) is 0 Å². The molecule has 4 rings (SSSR count). The van der Waals surface area contributed by atoms with E-state index < -0.39 is 32.2 Å². The summed E-state index contributed by atoms with van der Waals surface area (Å²) in [7, 11) is -0.581. The third-order valence-corrected chi connectivity index (χ3v) is 15.8. The van der Waals surface area contributed by atoms with Crippen LogP contribution in [0, 0.1) is 0 Å². The summed E-state index contributed by atoms with van der Waals surface area (Å²) in [6, 6.07) is 36.7. The van der Waals surface area contributed by atoms with Gasteiger partial charge in [-0.1, -0.05) is 0 Å². The Bertz CT molecular complexity index is 1170. The van der Waals surface area contributed by atoms with Crippen LogP contribution in [-0.2, 0) is 0 Å². The van der Waals surface area contributed by atoms with Crippen LogP contribution < -0.4 is 22.2 Å². The van der Waals surface area contributed by atoms with Crippen LogP contribution in [0.4, 0.5) is 0 Å². The third kappa shape index (κ3) is 6.15. The Kier molecular flexibility index (Phi) is 9.00. The second-order valence-corrected chi connectivity index (χ2v) is 17.4. The summed E-state index contributed by atoms with van der Waals surface area (Å²) >= 11 is -1.35. The molecule has 0 nitrogen and oxygen atoms in total. The molecule has 0 heterocycles. The molecule has 0 aromatic heterocycles. The first-order chi connectivity index (χ1) is 16.9. The SMILES string of the molecule is CC(C)c1cc(C(C)C)[c]([Pb][c]2ccccc2P(c2ccccc2)c2ccccc2)c(C(C)C)c1. The maximum atomic E-state index is 2.53. The molecule has 0 unspecified atom stereocenters. The summed E-state index contributed by atoms with van der Waals surface area (Å²) in [5, 5.41) is 4.43. The molecule has 0 aliphatic rings. The van der Waals surface area contributed by atoms with Gasteiger partial charge >= 0.3 is 227 Å². The van der Waals surface area contributed by atoms with E-state index in [1.807, 2.05) is 0 Å². The maximum absolute atomic E-state index is 2.53. The summed E-state index contributed by atoms with van der Waals surface area (Å²) in [4.78, 5) is 0. The standard InChI is InChI=1S/C18H14P.C15H23.Pb/c1-4-10-16(11-5-1)19(17-12-6-2-7-13-17)18-14-8-3-9-15-18;1-10(2)13-7-14(11(3)4)9-15(8-13)12(5)6;/h1-14H;7-8,10-12H,1-6H3;. The van der Waals surface area contributed by atoms with Gasteiger partial charge in [0, 0.05) is 0 Å². The van der Waals surface area contributed by atoms with Crippen molar-refractivity contribution in [2.75, 3.05) is 0 Å². The summed E-state index contributed by atoms with van der Waals surface area (Å²) in [5.74, 6) is 1.65. The normalized spacial score (nSPS) is 11.7. The van der Waals surface area contributed by atoms with E-state index in [-0.39, 0.29) is 0 Å². The van der Waals surface area contributed by atoms with Crippen LogP contribution in [-0.4, -0.2) is 24.2 Å². The third-order valence-electron chi connectivity index (χ3n) is 6.57. The quantitative estimate of drug-likeness (QED) is 0.149. The van der Waals surface area contributed by atoms with E-state index >= 15 is 0 Å². The molecule has 0 spiro atoms. The Morgan fingerprint density at radius 2 is 1.00 bits per heavy atom. The van der Waals surface area contributed by atoms with E-state index in [1.54, 1.807) is 22.7 Å². The zero-order chi connectivity index (χ0) is 24.9. The number of rotatable bonds is 8. The molecule has 178 valence electrons. The molecule has 0 bridgehead atoms. The average molecular weight is 672 g/mol. The second kappa shape index (κ2) is 12.0. The summed E-state index contributed by atoms with van der Waals surface area (Å²) < 4.78 is 3.37. The van der Waals surface area contributed by atoms with E-state index in [1.165, 1.54) is 16.2 Å². The second-order valence-electron chi connectivity index (χ2n) is 10.2. The molecule has 35 heavy (non-hydrogen) atoms. The molecule has 0 N–H and O–H groups in total. The first-order valence-corrected chi connectivity index (χ1v) is 18.0. The van der Waals surface area contributed by atoms with Crippen molar-refractivity contribution in [2.24, 2.45) is 0 Å². The molecule has 0 saturated carbocycles. The van der Waals surface area contributed by atoms with Gasteiger partial charge in [-0.3, -0.25) is 0 Å². The predicted molar refractivity (Wildman–Crippen MR) is 159 cm³/mol.